The number of rotatable bonds is 4. The molecule has 1 N–H and O–H groups in total. The van der Waals surface area contributed by atoms with Crippen LogP contribution in [0.3, 0.4) is 0 Å². The van der Waals surface area contributed by atoms with Crippen molar-refractivity contribution in [1.82, 2.24) is 15.2 Å². The first-order chi connectivity index (χ1) is 8.41. The van der Waals surface area contributed by atoms with Crippen LogP contribution in [0.5, 0.6) is 0 Å². The zero-order valence-electron chi connectivity index (χ0n) is 12.2. The van der Waals surface area contributed by atoms with E-state index in [-0.39, 0.29) is 0 Å². The third kappa shape index (κ3) is 2.92. The molecule has 2 unspecified atom stereocenters. The fraction of sp³-hybridized carbons (Fsp3) is 0.786. The highest BCUT2D eigenvalue weighted by Crippen LogP contribution is 2.32. The molecular formula is C14H25N3S. The van der Waals surface area contributed by atoms with E-state index in [1.807, 2.05) is 11.3 Å². The van der Waals surface area contributed by atoms with Gasteiger partial charge in [-0.1, -0.05) is 6.92 Å². The van der Waals surface area contributed by atoms with Crippen molar-refractivity contribution >= 4 is 11.3 Å². The summed E-state index contributed by atoms with van der Waals surface area (Å²) in [7, 11) is 2.24. The van der Waals surface area contributed by atoms with Gasteiger partial charge in [0.15, 0.2) is 0 Å². The molecule has 1 fully saturated rings. The lowest BCUT2D eigenvalue weighted by atomic mass is 9.89. The van der Waals surface area contributed by atoms with E-state index < -0.39 is 0 Å². The molecule has 18 heavy (non-hydrogen) atoms. The van der Waals surface area contributed by atoms with Gasteiger partial charge in [-0.25, -0.2) is 4.98 Å². The second-order valence-corrected chi connectivity index (χ2v) is 7.25. The van der Waals surface area contributed by atoms with Gasteiger partial charge in [0.05, 0.1) is 10.7 Å². The number of thiazole rings is 1. The summed E-state index contributed by atoms with van der Waals surface area (Å²) in [6, 6.07) is 0.466. The maximum Gasteiger partial charge on any atom is 0.0900 e. The van der Waals surface area contributed by atoms with Crippen LogP contribution in [0.15, 0.2) is 0 Å². The van der Waals surface area contributed by atoms with E-state index in [9.17, 15) is 0 Å². The number of hydrogen-bond acceptors (Lipinski definition) is 4. The number of aromatic nitrogens is 1. The second-order valence-electron chi connectivity index (χ2n) is 6.01. The van der Waals surface area contributed by atoms with E-state index in [2.05, 4.69) is 49.9 Å². The maximum absolute atomic E-state index is 4.54. The lowest BCUT2D eigenvalue weighted by molar-refractivity contribution is 0.170. The number of nitrogens with one attached hydrogen (secondary N) is 1. The molecule has 0 aromatic carbocycles. The van der Waals surface area contributed by atoms with Crippen LogP contribution in [0.4, 0.5) is 0 Å². The van der Waals surface area contributed by atoms with Crippen LogP contribution in [0, 0.1) is 19.3 Å². The molecule has 2 atom stereocenters. The summed E-state index contributed by atoms with van der Waals surface area (Å²) in [5, 5.41) is 4.65. The highest BCUT2D eigenvalue weighted by molar-refractivity contribution is 7.11. The summed E-state index contributed by atoms with van der Waals surface area (Å²) in [6.07, 6.45) is 1.28. The van der Waals surface area contributed by atoms with E-state index in [0.29, 0.717) is 11.5 Å². The van der Waals surface area contributed by atoms with E-state index in [1.165, 1.54) is 22.0 Å². The Hall–Kier alpha value is -0.450. The van der Waals surface area contributed by atoms with Crippen LogP contribution < -0.4 is 5.32 Å². The molecule has 0 saturated carbocycles. The van der Waals surface area contributed by atoms with Crippen molar-refractivity contribution in [2.45, 2.75) is 40.2 Å². The lowest BCUT2D eigenvalue weighted by Crippen LogP contribution is -2.36. The van der Waals surface area contributed by atoms with Gasteiger partial charge >= 0.3 is 0 Å². The normalized spacial score (nSPS) is 25.9. The minimum atomic E-state index is 0.427. The zero-order valence-corrected chi connectivity index (χ0v) is 13.0. The average molecular weight is 267 g/mol. The first-order valence-corrected chi connectivity index (χ1v) is 7.58. The Morgan fingerprint density at radius 3 is 2.72 bits per heavy atom. The number of aryl methyl sites for hydroxylation is 2. The van der Waals surface area contributed by atoms with Crippen molar-refractivity contribution in [2.75, 3.05) is 26.7 Å². The summed E-state index contributed by atoms with van der Waals surface area (Å²) < 4.78 is 0. The largest absolute Gasteiger partial charge is 0.316 e. The van der Waals surface area contributed by atoms with Gasteiger partial charge in [-0.3, -0.25) is 4.90 Å². The molecule has 1 aliphatic rings. The van der Waals surface area contributed by atoms with Crippen LogP contribution in [-0.2, 0) is 0 Å². The van der Waals surface area contributed by atoms with Gasteiger partial charge < -0.3 is 5.32 Å². The summed E-state index contributed by atoms with van der Waals surface area (Å²) in [4.78, 5) is 8.44. The van der Waals surface area contributed by atoms with E-state index in [0.717, 1.165) is 19.6 Å². The minimum Gasteiger partial charge on any atom is -0.316 e. The van der Waals surface area contributed by atoms with Gasteiger partial charge in [-0.2, -0.15) is 0 Å². The minimum absolute atomic E-state index is 0.427. The third-order valence-electron chi connectivity index (χ3n) is 4.07. The van der Waals surface area contributed by atoms with E-state index >= 15 is 0 Å². The molecule has 1 aromatic rings. The highest BCUT2D eigenvalue weighted by Gasteiger charge is 2.31. The van der Waals surface area contributed by atoms with Crippen molar-refractivity contribution in [3.63, 3.8) is 0 Å². The molecule has 0 amide bonds. The fourth-order valence-corrected chi connectivity index (χ4v) is 3.92. The molecule has 0 aliphatic carbocycles. The first kappa shape index (κ1) is 14.0. The molecule has 102 valence electrons. The van der Waals surface area contributed by atoms with Gasteiger partial charge in [0, 0.05) is 24.0 Å². The van der Waals surface area contributed by atoms with Crippen molar-refractivity contribution in [3.8, 4) is 0 Å². The molecule has 0 bridgehead atoms. The average Bonchev–Trinajstić information content (AvgIpc) is 2.84. The molecule has 1 aromatic heterocycles. The predicted molar refractivity (Wildman–Crippen MR) is 78.2 cm³/mol. The van der Waals surface area contributed by atoms with Crippen LogP contribution >= 0.6 is 11.3 Å². The topological polar surface area (TPSA) is 28.2 Å². The van der Waals surface area contributed by atoms with Crippen molar-refractivity contribution in [1.29, 1.82) is 0 Å². The van der Waals surface area contributed by atoms with E-state index in [4.69, 9.17) is 0 Å². The SMILES string of the molecule is Cc1nc(C)c(C(C)N(C)CC2(C)CCNC2)s1. The molecule has 1 aliphatic heterocycles. The van der Waals surface area contributed by atoms with Crippen LogP contribution in [0.1, 0.15) is 41.9 Å². The Kier molecular flexibility index (Phi) is 4.09. The molecule has 2 rings (SSSR count). The standard InChI is InChI=1S/C14H25N3S/c1-10-13(18-12(3)16-10)11(2)17(5)9-14(4)6-7-15-8-14/h11,15H,6-9H2,1-5H3. The molecule has 4 heteroatoms. The predicted octanol–water partition coefficient (Wildman–Crippen LogP) is 2.75. The lowest BCUT2D eigenvalue weighted by Gasteiger charge is -2.33. The number of nitrogens with zero attached hydrogens (tertiary/aromatic N) is 2. The van der Waals surface area contributed by atoms with Crippen molar-refractivity contribution in [2.24, 2.45) is 5.41 Å². The first-order valence-electron chi connectivity index (χ1n) is 6.76. The Labute approximate surface area is 115 Å². The second kappa shape index (κ2) is 5.27. The zero-order chi connectivity index (χ0) is 13.3. The summed E-state index contributed by atoms with van der Waals surface area (Å²) in [5.74, 6) is 0. The Morgan fingerprint density at radius 1 is 1.50 bits per heavy atom. The number of hydrogen-bond donors (Lipinski definition) is 1. The summed E-state index contributed by atoms with van der Waals surface area (Å²) in [5.41, 5.74) is 1.63. The van der Waals surface area contributed by atoms with Crippen LogP contribution in [0.2, 0.25) is 0 Å². The van der Waals surface area contributed by atoms with E-state index in [1.54, 1.807) is 0 Å². The molecule has 2 heterocycles. The maximum atomic E-state index is 4.54. The quantitative estimate of drug-likeness (QED) is 0.909. The highest BCUT2D eigenvalue weighted by atomic mass is 32.1. The molecule has 0 radical (unpaired) electrons. The van der Waals surface area contributed by atoms with Crippen molar-refractivity contribution in [3.05, 3.63) is 15.6 Å². The molecule has 3 nitrogen and oxygen atoms in total. The van der Waals surface area contributed by atoms with Gasteiger partial charge in [0.2, 0.25) is 0 Å². The van der Waals surface area contributed by atoms with Gasteiger partial charge in [0.1, 0.15) is 0 Å². The molecule has 0 spiro atoms. The smallest absolute Gasteiger partial charge is 0.0900 e. The summed E-state index contributed by atoms with van der Waals surface area (Å²) in [6.45, 7) is 12.4. The van der Waals surface area contributed by atoms with Gasteiger partial charge in [-0.05, 0) is 46.2 Å². The summed E-state index contributed by atoms with van der Waals surface area (Å²) >= 11 is 1.84. The van der Waals surface area contributed by atoms with Gasteiger partial charge in [0.25, 0.3) is 0 Å². The van der Waals surface area contributed by atoms with Gasteiger partial charge in [-0.15, -0.1) is 11.3 Å². The van der Waals surface area contributed by atoms with Crippen LogP contribution in [-0.4, -0.2) is 36.6 Å². The Balaban J connectivity index is 2.04. The van der Waals surface area contributed by atoms with Crippen LogP contribution in [0.25, 0.3) is 0 Å². The third-order valence-corrected chi connectivity index (χ3v) is 5.31. The Bertz CT molecular complexity index is 407. The fourth-order valence-electron chi connectivity index (χ4n) is 2.88. The monoisotopic (exact) mass is 267 g/mol. The Morgan fingerprint density at radius 2 is 2.22 bits per heavy atom. The molecular weight excluding hydrogens is 242 g/mol. The van der Waals surface area contributed by atoms with Crippen molar-refractivity contribution < 1.29 is 0 Å². The molecule has 1 saturated heterocycles.